The van der Waals surface area contributed by atoms with E-state index in [-0.39, 0.29) is 18.0 Å². The molecule has 124 valence electrons. The summed E-state index contributed by atoms with van der Waals surface area (Å²) in [5.41, 5.74) is 1.72. The molecular weight excluding hydrogens is 304 g/mol. The number of benzene rings is 2. The Labute approximate surface area is 141 Å². The Morgan fingerprint density at radius 1 is 0.917 bits per heavy atom. The minimum atomic E-state index is -0.317. The molecule has 0 bridgehead atoms. The normalized spacial score (nSPS) is 14.8. The predicted octanol–water partition coefficient (Wildman–Crippen LogP) is 2.85. The van der Waals surface area contributed by atoms with Crippen LogP contribution < -0.4 is 10.6 Å². The molecule has 2 N–H and O–H groups in total. The van der Waals surface area contributed by atoms with Crippen molar-refractivity contribution in [1.82, 2.24) is 5.32 Å². The van der Waals surface area contributed by atoms with Crippen molar-refractivity contribution in [3.05, 3.63) is 65.7 Å². The van der Waals surface area contributed by atoms with E-state index < -0.39 is 0 Å². The van der Waals surface area contributed by atoms with Crippen molar-refractivity contribution in [2.45, 2.75) is 18.9 Å². The average Bonchev–Trinajstić information content (AvgIpc) is 2.64. The van der Waals surface area contributed by atoms with Crippen LogP contribution in [0.4, 0.5) is 5.69 Å². The van der Waals surface area contributed by atoms with Crippen molar-refractivity contribution >= 4 is 17.6 Å². The van der Waals surface area contributed by atoms with Gasteiger partial charge in [0.25, 0.3) is 5.91 Å². The lowest BCUT2D eigenvalue weighted by atomic mass is 10.1. The average molecular weight is 324 g/mol. The number of hydrogen-bond acceptors (Lipinski definition) is 4. The van der Waals surface area contributed by atoms with Crippen molar-refractivity contribution in [3.8, 4) is 0 Å². The van der Waals surface area contributed by atoms with Gasteiger partial charge in [-0.1, -0.05) is 18.2 Å². The fraction of sp³-hybridized carbons (Fsp3) is 0.263. The van der Waals surface area contributed by atoms with Gasteiger partial charge in [-0.15, -0.1) is 0 Å². The second-order valence-corrected chi connectivity index (χ2v) is 5.75. The van der Waals surface area contributed by atoms with Crippen LogP contribution in [0.2, 0.25) is 0 Å². The summed E-state index contributed by atoms with van der Waals surface area (Å²) in [5, 5.41) is 6.04. The van der Waals surface area contributed by atoms with Crippen LogP contribution in [-0.2, 0) is 4.74 Å². The van der Waals surface area contributed by atoms with E-state index in [9.17, 15) is 9.59 Å². The highest BCUT2D eigenvalue weighted by molar-refractivity contribution is 6.04. The van der Waals surface area contributed by atoms with Gasteiger partial charge in [-0.3, -0.25) is 4.79 Å². The molecule has 1 amide bonds. The van der Waals surface area contributed by atoms with E-state index in [1.807, 2.05) is 18.2 Å². The van der Waals surface area contributed by atoms with Crippen molar-refractivity contribution in [2.75, 3.05) is 18.4 Å². The summed E-state index contributed by atoms with van der Waals surface area (Å²) in [7, 11) is 0. The third-order valence-corrected chi connectivity index (χ3v) is 3.97. The standard InChI is InChI=1S/C19H20N2O3/c22-18(14-4-2-1-3-5-14)21-16-8-6-15(7-9-16)19(23)24-17-10-12-20-13-11-17/h1-9,17,20H,10-13H2,(H,21,22). The first-order valence-electron chi connectivity index (χ1n) is 8.10. The van der Waals surface area contributed by atoms with Crippen molar-refractivity contribution in [2.24, 2.45) is 0 Å². The van der Waals surface area contributed by atoms with Gasteiger partial charge in [-0.25, -0.2) is 4.79 Å². The van der Waals surface area contributed by atoms with Crippen LogP contribution in [0.1, 0.15) is 33.6 Å². The molecule has 0 saturated carbocycles. The first kappa shape index (κ1) is 16.2. The Kier molecular flexibility index (Phi) is 5.23. The smallest absolute Gasteiger partial charge is 0.338 e. The number of anilines is 1. The van der Waals surface area contributed by atoms with Crippen LogP contribution in [0.25, 0.3) is 0 Å². The molecule has 1 heterocycles. The van der Waals surface area contributed by atoms with E-state index in [2.05, 4.69) is 10.6 Å². The molecule has 5 heteroatoms. The highest BCUT2D eigenvalue weighted by atomic mass is 16.5. The van der Waals surface area contributed by atoms with Gasteiger partial charge in [0, 0.05) is 11.3 Å². The quantitative estimate of drug-likeness (QED) is 0.849. The van der Waals surface area contributed by atoms with Gasteiger partial charge in [0.05, 0.1) is 5.56 Å². The zero-order valence-electron chi connectivity index (χ0n) is 13.3. The summed E-state index contributed by atoms with van der Waals surface area (Å²) < 4.78 is 5.50. The Bertz CT molecular complexity index is 692. The monoisotopic (exact) mass is 324 g/mol. The maximum absolute atomic E-state index is 12.1. The van der Waals surface area contributed by atoms with Crippen LogP contribution in [0.15, 0.2) is 54.6 Å². The molecule has 0 spiro atoms. The number of ether oxygens (including phenoxy) is 1. The zero-order chi connectivity index (χ0) is 16.8. The van der Waals surface area contributed by atoms with E-state index in [0.717, 1.165) is 25.9 Å². The molecule has 0 atom stereocenters. The molecule has 5 nitrogen and oxygen atoms in total. The lowest BCUT2D eigenvalue weighted by Gasteiger charge is -2.22. The van der Waals surface area contributed by atoms with E-state index >= 15 is 0 Å². The molecule has 0 radical (unpaired) electrons. The van der Waals surface area contributed by atoms with Gasteiger partial charge in [0.2, 0.25) is 0 Å². The summed E-state index contributed by atoms with van der Waals surface area (Å²) >= 11 is 0. The Morgan fingerprint density at radius 2 is 1.58 bits per heavy atom. The molecule has 1 fully saturated rings. The SMILES string of the molecule is O=C(Nc1ccc(C(=O)OC2CCNCC2)cc1)c1ccccc1. The topological polar surface area (TPSA) is 67.4 Å². The van der Waals surface area contributed by atoms with Crippen LogP contribution in [0.5, 0.6) is 0 Å². The van der Waals surface area contributed by atoms with Gasteiger partial charge in [0.15, 0.2) is 0 Å². The Balaban J connectivity index is 1.58. The number of carbonyl (C=O) groups excluding carboxylic acids is 2. The molecule has 1 aliphatic heterocycles. The molecule has 0 aliphatic carbocycles. The maximum Gasteiger partial charge on any atom is 0.338 e. The number of hydrogen-bond donors (Lipinski definition) is 2. The predicted molar refractivity (Wildman–Crippen MR) is 92.1 cm³/mol. The fourth-order valence-corrected chi connectivity index (χ4v) is 2.62. The van der Waals surface area contributed by atoms with Crippen molar-refractivity contribution in [1.29, 1.82) is 0 Å². The minimum Gasteiger partial charge on any atom is -0.459 e. The first-order chi connectivity index (χ1) is 11.7. The second kappa shape index (κ2) is 7.75. The fourth-order valence-electron chi connectivity index (χ4n) is 2.62. The number of piperidine rings is 1. The van der Waals surface area contributed by atoms with Crippen molar-refractivity contribution < 1.29 is 14.3 Å². The third-order valence-electron chi connectivity index (χ3n) is 3.97. The number of esters is 1. The van der Waals surface area contributed by atoms with E-state index in [4.69, 9.17) is 4.74 Å². The number of amides is 1. The molecule has 1 saturated heterocycles. The van der Waals surface area contributed by atoms with Crippen LogP contribution in [-0.4, -0.2) is 31.1 Å². The van der Waals surface area contributed by atoms with Gasteiger partial charge in [0.1, 0.15) is 6.10 Å². The van der Waals surface area contributed by atoms with E-state index in [1.54, 1.807) is 36.4 Å². The number of carbonyl (C=O) groups is 2. The maximum atomic E-state index is 12.1. The molecule has 2 aromatic rings. The second-order valence-electron chi connectivity index (χ2n) is 5.75. The lowest BCUT2D eigenvalue weighted by Crippen LogP contribution is -2.33. The van der Waals surface area contributed by atoms with Gasteiger partial charge in [-0.05, 0) is 62.3 Å². The number of nitrogens with one attached hydrogen (secondary N) is 2. The van der Waals surface area contributed by atoms with Gasteiger partial charge >= 0.3 is 5.97 Å². The first-order valence-corrected chi connectivity index (χ1v) is 8.10. The molecule has 0 aromatic heterocycles. The third kappa shape index (κ3) is 4.20. The summed E-state index contributed by atoms with van der Waals surface area (Å²) in [4.78, 5) is 24.2. The molecule has 2 aromatic carbocycles. The summed E-state index contributed by atoms with van der Waals surface area (Å²) in [6, 6.07) is 15.7. The van der Waals surface area contributed by atoms with Crippen LogP contribution >= 0.6 is 0 Å². The summed E-state index contributed by atoms with van der Waals surface area (Å²) in [5.74, 6) is -0.497. The van der Waals surface area contributed by atoms with E-state index in [0.29, 0.717) is 16.8 Å². The summed E-state index contributed by atoms with van der Waals surface area (Å²) in [6.45, 7) is 1.75. The van der Waals surface area contributed by atoms with E-state index in [1.165, 1.54) is 0 Å². The summed E-state index contributed by atoms with van der Waals surface area (Å²) in [6.07, 6.45) is 1.67. The molecule has 0 unspecified atom stereocenters. The molecule has 1 aliphatic rings. The molecule has 3 rings (SSSR count). The minimum absolute atomic E-state index is 0.0174. The van der Waals surface area contributed by atoms with Crippen LogP contribution in [0, 0.1) is 0 Å². The highest BCUT2D eigenvalue weighted by Crippen LogP contribution is 2.15. The van der Waals surface area contributed by atoms with Gasteiger partial charge < -0.3 is 15.4 Å². The molecular formula is C19H20N2O3. The largest absolute Gasteiger partial charge is 0.459 e. The van der Waals surface area contributed by atoms with Gasteiger partial charge in [-0.2, -0.15) is 0 Å². The Hall–Kier alpha value is -2.66. The van der Waals surface area contributed by atoms with Crippen LogP contribution in [0.3, 0.4) is 0 Å². The van der Waals surface area contributed by atoms with Crippen molar-refractivity contribution in [3.63, 3.8) is 0 Å². The molecule has 24 heavy (non-hydrogen) atoms. The number of rotatable bonds is 4. The Morgan fingerprint density at radius 3 is 2.25 bits per heavy atom. The lowest BCUT2D eigenvalue weighted by molar-refractivity contribution is 0.0229. The highest BCUT2D eigenvalue weighted by Gasteiger charge is 2.18. The zero-order valence-corrected chi connectivity index (χ0v) is 13.3.